The lowest BCUT2D eigenvalue weighted by atomic mass is 10.0. The van der Waals surface area contributed by atoms with Gasteiger partial charge in [-0.1, -0.05) is 23.8 Å². The van der Waals surface area contributed by atoms with Crippen molar-refractivity contribution in [3.8, 4) is 0 Å². The number of hydrogen-bond acceptors (Lipinski definition) is 3. The molecule has 2 rings (SSSR count). The Hall–Kier alpha value is -1.32. The van der Waals surface area contributed by atoms with Gasteiger partial charge >= 0.3 is 5.97 Å². The summed E-state index contributed by atoms with van der Waals surface area (Å²) in [4.78, 5) is 11.3. The van der Waals surface area contributed by atoms with Crippen LogP contribution in [0.4, 0.5) is 0 Å². The van der Waals surface area contributed by atoms with E-state index in [1.807, 2.05) is 12.1 Å². The van der Waals surface area contributed by atoms with Gasteiger partial charge in [-0.05, 0) is 37.1 Å². The maximum atomic E-state index is 11.3. The van der Waals surface area contributed by atoms with Crippen LogP contribution in [0.2, 0.25) is 0 Å². The summed E-state index contributed by atoms with van der Waals surface area (Å²) in [5.41, 5.74) is 3.15. The summed E-state index contributed by atoms with van der Waals surface area (Å²) in [6.07, 6.45) is 4.55. The van der Waals surface area contributed by atoms with Gasteiger partial charge in [0.15, 0.2) is 0 Å². The van der Waals surface area contributed by atoms with Crippen LogP contribution in [0, 0.1) is 0 Å². The van der Waals surface area contributed by atoms with Crippen molar-refractivity contribution < 1.29 is 9.53 Å². The molecule has 1 N–H and O–H groups in total. The van der Waals surface area contributed by atoms with Crippen LogP contribution in [0.3, 0.4) is 0 Å². The zero-order valence-corrected chi connectivity index (χ0v) is 11.3. The lowest BCUT2D eigenvalue weighted by Gasteiger charge is -2.15. The van der Waals surface area contributed by atoms with Crippen molar-refractivity contribution in [2.75, 3.05) is 20.2 Å². The van der Waals surface area contributed by atoms with Crippen LogP contribution >= 0.6 is 12.4 Å². The molecule has 1 heterocycles. The highest BCUT2D eigenvalue weighted by atomic mass is 35.5. The fourth-order valence-electron chi connectivity index (χ4n) is 1.97. The number of halogens is 1. The number of ether oxygens (including phenoxy) is 1. The Morgan fingerprint density at radius 3 is 2.61 bits per heavy atom. The molecule has 0 unspecified atom stereocenters. The number of benzene rings is 1. The molecule has 1 aliphatic rings. The monoisotopic (exact) mass is 267 g/mol. The molecule has 4 heteroatoms. The molecule has 0 radical (unpaired) electrons. The molecule has 18 heavy (non-hydrogen) atoms. The Morgan fingerprint density at radius 1 is 1.33 bits per heavy atom. The summed E-state index contributed by atoms with van der Waals surface area (Å²) in [6, 6.07) is 7.50. The first-order valence-corrected chi connectivity index (χ1v) is 5.88. The zero-order chi connectivity index (χ0) is 12.1. The number of carbonyl (C=O) groups excluding carboxylic acids is 1. The van der Waals surface area contributed by atoms with E-state index in [4.69, 9.17) is 0 Å². The van der Waals surface area contributed by atoms with E-state index in [2.05, 4.69) is 16.1 Å². The van der Waals surface area contributed by atoms with Gasteiger partial charge in [-0.15, -0.1) is 12.4 Å². The lowest BCUT2D eigenvalue weighted by Crippen LogP contribution is -2.23. The molecular weight excluding hydrogens is 250 g/mol. The Balaban J connectivity index is 0.00000162. The first-order chi connectivity index (χ1) is 8.29. The zero-order valence-electron chi connectivity index (χ0n) is 10.4. The molecule has 0 aliphatic carbocycles. The molecule has 1 aromatic carbocycles. The van der Waals surface area contributed by atoms with Gasteiger partial charge in [0.05, 0.1) is 12.7 Å². The highest BCUT2D eigenvalue weighted by Crippen LogP contribution is 2.14. The van der Waals surface area contributed by atoms with Crippen molar-refractivity contribution in [2.24, 2.45) is 0 Å². The Morgan fingerprint density at radius 2 is 2.06 bits per heavy atom. The Labute approximate surface area is 114 Å². The Bertz CT molecular complexity index is 418. The van der Waals surface area contributed by atoms with Gasteiger partial charge in [-0.2, -0.15) is 0 Å². The van der Waals surface area contributed by atoms with E-state index in [1.54, 1.807) is 12.1 Å². The molecule has 1 fully saturated rings. The molecule has 3 nitrogen and oxygen atoms in total. The second kappa shape index (κ2) is 7.19. The van der Waals surface area contributed by atoms with Crippen LogP contribution in [-0.4, -0.2) is 26.2 Å². The molecule has 1 saturated heterocycles. The maximum Gasteiger partial charge on any atom is 0.337 e. The third kappa shape index (κ3) is 3.86. The van der Waals surface area contributed by atoms with Crippen LogP contribution in [0.1, 0.15) is 28.8 Å². The first-order valence-electron chi connectivity index (χ1n) is 5.88. The van der Waals surface area contributed by atoms with Crippen molar-refractivity contribution in [1.29, 1.82) is 0 Å². The second-order valence-electron chi connectivity index (χ2n) is 4.20. The van der Waals surface area contributed by atoms with E-state index < -0.39 is 0 Å². The van der Waals surface area contributed by atoms with E-state index in [-0.39, 0.29) is 18.4 Å². The largest absolute Gasteiger partial charge is 0.465 e. The number of rotatable bonds is 2. The van der Waals surface area contributed by atoms with Gasteiger partial charge < -0.3 is 10.1 Å². The molecule has 0 saturated carbocycles. The van der Waals surface area contributed by atoms with Gasteiger partial charge in [0, 0.05) is 6.54 Å². The van der Waals surface area contributed by atoms with E-state index in [0.29, 0.717) is 5.56 Å². The fraction of sp³-hybridized carbons (Fsp3) is 0.357. The number of hydrogen-bond donors (Lipinski definition) is 1. The second-order valence-corrected chi connectivity index (χ2v) is 4.20. The van der Waals surface area contributed by atoms with Crippen LogP contribution in [0.15, 0.2) is 29.8 Å². The highest BCUT2D eigenvalue weighted by Gasteiger charge is 2.06. The summed E-state index contributed by atoms with van der Waals surface area (Å²) in [6.45, 7) is 2.08. The van der Waals surface area contributed by atoms with Crippen molar-refractivity contribution in [1.82, 2.24) is 5.32 Å². The number of methoxy groups -OCH3 is 1. The molecule has 0 atom stereocenters. The van der Waals surface area contributed by atoms with Crippen LogP contribution < -0.4 is 5.32 Å². The molecule has 0 bridgehead atoms. The maximum absolute atomic E-state index is 11.3. The minimum Gasteiger partial charge on any atom is -0.465 e. The average molecular weight is 268 g/mol. The van der Waals surface area contributed by atoms with Gasteiger partial charge in [0.2, 0.25) is 0 Å². The summed E-state index contributed by atoms with van der Waals surface area (Å²) >= 11 is 0. The molecule has 1 aromatic rings. The average Bonchev–Trinajstić information content (AvgIpc) is 2.40. The normalized spacial score (nSPS) is 17.1. The van der Waals surface area contributed by atoms with Crippen LogP contribution in [0.25, 0.3) is 6.08 Å². The van der Waals surface area contributed by atoms with Crippen LogP contribution in [0.5, 0.6) is 0 Å². The van der Waals surface area contributed by atoms with Gasteiger partial charge in [-0.3, -0.25) is 0 Å². The van der Waals surface area contributed by atoms with E-state index in [9.17, 15) is 4.79 Å². The first kappa shape index (κ1) is 14.7. The predicted octanol–water partition coefficient (Wildman–Crippen LogP) is 2.66. The number of nitrogens with one attached hydrogen (secondary N) is 1. The number of carbonyl (C=O) groups is 1. The predicted molar refractivity (Wildman–Crippen MR) is 75.1 cm³/mol. The fourth-order valence-corrected chi connectivity index (χ4v) is 1.97. The smallest absolute Gasteiger partial charge is 0.337 e. The summed E-state index contributed by atoms with van der Waals surface area (Å²) < 4.78 is 4.66. The molecule has 1 aliphatic heterocycles. The topological polar surface area (TPSA) is 38.3 Å². The summed E-state index contributed by atoms with van der Waals surface area (Å²) in [7, 11) is 1.39. The minimum absolute atomic E-state index is 0. The highest BCUT2D eigenvalue weighted by molar-refractivity contribution is 5.89. The third-order valence-electron chi connectivity index (χ3n) is 2.91. The van der Waals surface area contributed by atoms with Crippen molar-refractivity contribution in [2.45, 2.75) is 12.8 Å². The molecule has 0 amide bonds. The standard InChI is InChI=1S/C14H17NO2.ClH/c1-17-14(16)13-6-4-11(5-7-13)9-12-3-2-8-15-10-12;/h4-7,9,15H,2-3,8,10H2,1H3;1H/b12-9-;. The van der Waals surface area contributed by atoms with E-state index in [0.717, 1.165) is 25.1 Å². The number of piperidine rings is 1. The minimum atomic E-state index is -0.288. The summed E-state index contributed by atoms with van der Waals surface area (Å²) in [5.74, 6) is -0.288. The van der Waals surface area contributed by atoms with E-state index >= 15 is 0 Å². The van der Waals surface area contributed by atoms with Crippen molar-refractivity contribution in [3.05, 3.63) is 41.0 Å². The molecule has 0 spiro atoms. The summed E-state index contributed by atoms with van der Waals surface area (Å²) in [5, 5.41) is 3.35. The third-order valence-corrected chi connectivity index (χ3v) is 2.91. The number of esters is 1. The molecular formula is C14H18ClNO2. The Kier molecular flexibility index (Phi) is 5.89. The SMILES string of the molecule is COC(=O)c1ccc(/C=C2/CCCNC2)cc1.Cl. The van der Waals surface area contributed by atoms with Gasteiger partial charge in [-0.25, -0.2) is 4.79 Å². The van der Waals surface area contributed by atoms with Crippen LogP contribution in [-0.2, 0) is 4.74 Å². The van der Waals surface area contributed by atoms with Crippen molar-refractivity contribution >= 4 is 24.5 Å². The quantitative estimate of drug-likeness (QED) is 0.838. The molecule has 98 valence electrons. The van der Waals surface area contributed by atoms with Gasteiger partial charge in [0.25, 0.3) is 0 Å². The molecule has 0 aromatic heterocycles. The van der Waals surface area contributed by atoms with Gasteiger partial charge in [0.1, 0.15) is 0 Å². The van der Waals surface area contributed by atoms with Crippen molar-refractivity contribution in [3.63, 3.8) is 0 Å². The van der Waals surface area contributed by atoms with E-state index in [1.165, 1.54) is 19.1 Å². The lowest BCUT2D eigenvalue weighted by molar-refractivity contribution is 0.0601.